The first-order valence-electron chi connectivity index (χ1n) is 11.9. The van der Waals surface area contributed by atoms with Gasteiger partial charge in [0, 0.05) is 63.4 Å². The first-order chi connectivity index (χ1) is 17.0. The summed E-state index contributed by atoms with van der Waals surface area (Å²) in [6.07, 6.45) is 6.07. The zero-order valence-electron chi connectivity index (χ0n) is 21.8. The van der Waals surface area contributed by atoms with Gasteiger partial charge in [0.1, 0.15) is 17.3 Å². The maximum atomic E-state index is 12.1. The number of aromatic nitrogens is 2. The van der Waals surface area contributed by atoms with Crippen molar-refractivity contribution in [1.29, 1.82) is 0 Å². The number of methoxy groups -OCH3 is 1. The predicted octanol–water partition coefficient (Wildman–Crippen LogP) is 2.63. The Bertz CT molecular complexity index is 1210. The average molecular weight is 494 g/mol. The van der Waals surface area contributed by atoms with E-state index in [0.29, 0.717) is 17.9 Å². The number of hydrogen-bond acceptors (Lipinski definition) is 9. The number of anilines is 2. The highest BCUT2D eigenvalue weighted by atomic mass is 16.6. The summed E-state index contributed by atoms with van der Waals surface area (Å²) in [5, 5.41) is 12.1. The number of hydrogen-bond donors (Lipinski definition) is 1. The second kappa shape index (κ2) is 9.61. The fraction of sp³-hybridized carbons (Fsp3) is 0.462. The quantitative estimate of drug-likeness (QED) is 0.438. The molecule has 10 nitrogen and oxygen atoms in total. The van der Waals surface area contributed by atoms with Crippen molar-refractivity contribution >= 4 is 11.4 Å². The molecule has 0 amide bonds. The summed E-state index contributed by atoms with van der Waals surface area (Å²) in [6.45, 7) is 6.43. The summed E-state index contributed by atoms with van der Waals surface area (Å²) in [6, 6.07) is 7.79. The number of ether oxygens (including phenoxy) is 1. The Kier molecular flexibility index (Phi) is 6.87. The molecule has 0 saturated heterocycles. The van der Waals surface area contributed by atoms with E-state index in [-0.39, 0.29) is 16.0 Å². The Morgan fingerprint density at radius 2 is 1.97 bits per heavy atom. The molecule has 0 saturated carbocycles. The van der Waals surface area contributed by atoms with Crippen LogP contribution in [0.5, 0.6) is 0 Å². The van der Waals surface area contributed by atoms with E-state index in [4.69, 9.17) is 10.5 Å². The van der Waals surface area contributed by atoms with Crippen LogP contribution >= 0.6 is 0 Å². The van der Waals surface area contributed by atoms with Crippen LogP contribution in [0.25, 0.3) is 0 Å². The van der Waals surface area contributed by atoms with Gasteiger partial charge < -0.3 is 25.2 Å². The fourth-order valence-electron chi connectivity index (χ4n) is 4.92. The summed E-state index contributed by atoms with van der Waals surface area (Å²) in [7, 11) is 7.32. The van der Waals surface area contributed by atoms with E-state index in [1.807, 2.05) is 55.3 Å². The minimum Gasteiger partial charge on any atom is -0.375 e. The smallest absolute Gasteiger partial charge is 0.290 e. The monoisotopic (exact) mass is 493 g/mol. The lowest BCUT2D eigenvalue weighted by molar-refractivity contribution is -0.423. The van der Waals surface area contributed by atoms with E-state index in [2.05, 4.69) is 34.8 Å². The molecule has 10 heteroatoms. The molecule has 0 bridgehead atoms. The van der Waals surface area contributed by atoms with Crippen LogP contribution in [0.15, 0.2) is 60.2 Å². The van der Waals surface area contributed by atoms with Gasteiger partial charge >= 0.3 is 0 Å². The molecule has 3 heterocycles. The second-order valence-electron chi connectivity index (χ2n) is 10.4. The van der Waals surface area contributed by atoms with Gasteiger partial charge in [0.25, 0.3) is 5.70 Å². The molecule has 2 atom stereocenters. The molecule has 1 aliphatic heterocycles. The molecule has 4 rings (SSSR count). The molecule has 0 radical (unpaired) electrons. The van der Waals surface area contributed by atoms with E-state index in [0.717, 1.165) is 30.2 Å². The lowest BCUT2D eigenvalue weighted by Crippen LogP contribution is -2.50. The SMILES string of the molecule is COC1C=C(N(C)CCN(C)C)C([N+](=O)[O-])=CC1(N)c1cc(N2CC(C)(C)c3ncccc32)ccn1. The third-order valence-corrected chi connectivity index (χ3v) is 6.93. The zero-order valence-corrected chi connectivity index (χ0v) is 21.8. The van der Waals surface area contributed by atoms with Gasteiger partial charge in [0.05, 0.1) is 22.0 Å². The van der Waals surface area contributed by atoms with Crippen LogP contribution in [0.2, 0.25) is 0 Å². The Balaban J connectivity index is 1.74. The van der Waals surface area contributed by atoms with E-state index < -0.39 is 11.6 Å². The minimum atomic E-state index is -1.33. The molecule has 192 valence electrons. The summed E-state index contributed by atoms with van der Waals surface area (Å²) < 4.78 is 5.78. The fourth-order valence-corrected chi connectivity index (χ4v) is 4.92. The molecule has 0 spiro atoms. The number of nitrogens with two attached hydrogens (primary N) is 1. The second-order valence-corrected chi connectivity index (χ2v) is 10.4. The zero-order chi connectivity index (χ0) is 26.3. The summed E-state index contributed by atoms with van der Waals surface area (Å²) in [5.41, 5.74) is 9.31. The van der Waals surface area contributed by atoms with Gasteiger partial charge in [-0.3, -0.25) is 20.1 Å². The van der Waals surface area contributed by atoms with Crippen molar-refractivity contribution in [2.45, 2.75) is 30.9 Å². The molecule has 2 N–H and O–H groups in total. The van der Waals surface area contributed by atoms with Crippen LogP contribution in [0.3, 0.4) is 0 Å². The molecule has 2 aromatic rings. The molecule has 1 aliphatic carbocycles. The van der Waals surface area contributed by atoms with Crippen LogP contribution in [0.4, 0.5) is 11.4 Å². The minimum absolute atomic E-state index is 0.0592. The van der Waals surface area contributed by atoms with Crippen molar-refractivity contribution in [3.63, 3.8) is 0 Å². The highest BCUT2D eigenvalue weighted by Gasteiger charge is 2.44. The Morgan fingerprint density at radius 1 is 1.22 bits per heavy atom. The topological polar surface area (TPSA) is 114 Å². The van der Waals surface area contributed by atoms with Crippen molar-refractivity contribution < 1.29 is 9.66 Å². The highest BCUT2D eigenvalue weighted by molar-refractivity contribution is 5.71. The number of fused-ring (bicyclic) bond motifs is 1. The first-order valence-corrected chi connectivity index (χ1v) is 11.9. The number of nitrogens with zero attached hydrogens (tertiary/aromatic N) is 6. The van der Waals surface area contributed by atoms with Gasteiger partial charge in [-0.15, -0.1) is 0 Å². The number of likely N-dealkylation sites (N-methyl/N-ethyl adjacent to an activating group) is 2. The molecule has 0 fully saturated rings. The number of nitro groups is 1. The van der Waals surface area contributed by atoms with Crippen LogP contribution in [0.1, 0.15) is 25.2 Å². The van der Waals surface area contributed by atoms with Crippen LogP contribution < -0.4 is 10.6 Å². The van der Waals surface area contributed by atoms with Gasteiger partial charge in [-0.05, 0) is 44.4 Å². The molecule has 0 aromatic carbocycles. The van der Waals surface area contributed by atoms with E-state index in [9.17, 15) is 10.1 Å². The Morgan fingerprint density at radius 3 is 2.64 bits per heavy atom. The van der Waals surface area contributed by atoms with E-state index in [1.165, 1.54) is 6.08 Å². The summed E-state index contributed by atoms with van der Waals surface area (Å²) in [5.74, 6) is 0. The average Bonchev–Trinajstić information content (AvgIpc) is 3.13. The molecule has 2 aliphatic rings. The van der Waals surface area contributed by atoms with Gasteiger partial charge in [0.15, 0.2) is 0 Å². The standard InChI is InChI=1S/C26H35N7O3/c1-25(2)17-32(19-8-7-10-29-24(19)25)18-9-11-28-22(14-18)26(27)16-21(33(34)35)20(15-23(26)36-6)31(5)13-12-30(3)4/h7-11,14-16,23H,12-13,17,27H2,1-6H3. The molecular formula is C26H35N7O3. The maximum absolute atomic E-state index is 12.1. The van der Waals surface area contributed by atoms with Gasteiger partial charge in [-0.2, -0.15) is 0 Å². The Hall–Kier alpha value is -3.34. The largest absolute Gasteiger partial charge is 0.375 e. The third-order valence-electron chi connectivity index (χ3n) is 6.93. The normalized spacial score (nSPS) is 22.8. The number of pyridine rings is 2. The van der Waals surface area contributed by atoms with Gasteiger partial charge in [-0.25, -0.2) is 0 Å². The molecule has 2 unspecified atom stereocenters. The van der Waals surface area contributed by atoms with Crippen LogP contribution in [-0.4, -0.2) is 78.7 Å². The van der Waals surface area contributed by atoms with Crippen molar-refractivity contribution in [2.75, 3.05) is 52.8 Å². The molecular weight excluding hydrogens is 458 g/mol. The van der Waals surface area contributed by atoms with E-state index >= 15 is 0 Å². The van der Waals surface area contributed by atoms with Crippen molar-refractivity contribution in [1.82, 2.24) is 19.8 Å². The lowest BCUT2D eigenvalue weighted by atomic mass is 9.83. The molecule has 2 aromatic heterocycles. The highest BCUT2D eigenvalue weighted by Crippen LogP contribution is 2.44. The van der Waals surface area contributed by atoms with Crippen molar-refractivity contribution in [3.8, 4) is 0 Å². The van der Waals surface area contributed by atoms with Crippen molar-refractivity contribution in [3.05, 3.63) is 81.7 Å². The van der Waals surface area contributed by atoms with Crippen LogP contribution in [0, 0.1) is 10.1 Å². The first kappa shape index (κ1) is 25.7. The van der Waals surface area contributed by atoms with Crippen LogP contribution in [-0.2, 0) is 15.7 Å². The third kappa shape index (κ3) is 4.59. The van der Waals surface area contributed by atoms with Gasteiger partial charge in [-0.1, -0.05) is 13.8 Å². The number of rotatable bonds is 8. The van der Waals surface area contributed by atoms with Crippen molar-refractivity contribution in [2.24, 2.45) is 5.73 Å². The van der Waals surface area contributed by atoms with Gasteiger partial charge in [0.2, 0.25) is 0 Å². The van der Waals surface area contributed by atoms with E-state index in [1.54, 1.807) is 19.4 Å². The predicted molar refractivity (Wildman–Crippen MR) is 140 cm³/mol. The maximum Gasteiger partial charge on any atom is 0.290 e. The Labute approximate surface area is 212 Å². The lowest BCUT2D eigenvalue weighted by Gasteiger charge is -2.36. The molecule has 36 heavy (non-hydrogen) atoms. The summed E-state index contributed by atoms with van der Waals surface area (Å²) >= 11 is 0. The summed E-state index contributed by atoms with van der Waals surface area (Å²) in [4.78, 5) is 27.0.